The molecule has 0 saturated heterocycles. The van der Waals surface area contributed by atoms with E-state index < -0.39 is 12.1 Å². The fourth-order valence-electron chi connectivity index (χ4n) is 2.75. The van der Waals surface area contributed by atoms with E-state index in [0.717, 1.165) is 11.3 Å². The number of anilines is 1. The number of rotatable bonds is 8. The highest BCUT2D eigenvalue weighted by Crippen LogP contribution is 2.20. The largest absolute Gasteiger partial charge is 0.497 e. The lowest BCUT2D eigenvalue weighted by molar-refractivity contribution is 0.244. The Hall–Kier alpha value is -3.90. The summed E-state index contributed by atoms with van der Waals surface area (Å²) in [5.41, 5.74) is 1.98. The molecule has 1 aromatic heterocycles. The molecule has 1 heterocycles. The van der Waals surface area contributed by atoms with Crippen LogP contribution in [0.1, 0.15) is 29.0 Å². The molecule has 0 spiro atoms. The molecule has 0 saturated carbocycles. The molecule has 0 bridgehead atoms. The minimum Gasteiger partial charge on any atom is -0.497 e. The van der Waals surface area contributed by atoms with Crippen molar-refractivity contribution in [3.05, 3.63) is 71.4 Å². The molecule has 0 fully saturated rings. The molecule has 9 nitrogen and oxygen atoms in total. The molecule has 2 aromatic carbocycles. The lowest BCUT2D eigenvalue weighted by atomic mass is 10.1. The van der Waals surface area contributed by atoms with Gasteiger partial charge in [-0.2, -0.15) is 5.26 Å². The standard InChI is InChI=1S/C21H21N5O4/c1-29-17-8-4-14(5-9-17)12-18(20-26-25-19(30-20)10-11-27)24-21(28)23-16-6-2-15(13-22)3-7-16/h2-9,18,27H,10-12H2,1H3,(H2,23,24,28)/t18-/m0/s1. The number of aromatic nitrogens is 2. The molecule has 3 rings (SSSR count). The van der Waals surface area contributed by atoms with Gasteiger partial charge in [-0.1, -0.05) is 12.1 Å². The van der Waals surface area contributed by atoms with E-state index in [1.165, 1.54) is 0 Å². The van der Waals surface area contributed by atoms with Gasteiger partial charge in [0.05, 0.1) is 25.3 Å². The molecular formula is C21H21N5O4. The van der Waals surface area contributed by atoms with Gasteiger partial charge in [0.25, 0.3) is 0 Å². The normalized spacial score (nSPS) is 11.4. The average molecular weight is 407 g/mol. The van der Waals surface area contributed by atoms with Gasteiger partial charge in [0.1, 0.15) is 11.8 Å². The van der Waals surface area contributed by atoms with Crippen LogP contribution in [0.5, 0.6) is 5.75 Å². The first-order valence-corrected chi connectivity index (χ1v) is 9.25. The summed E-state index contributed by atoms with van der Waals surface area (Å²) in [4.78, 5) is 12.5. The minimum absolute atomic E-state index is 0.114. The van der Waals surface area contributed by atoms with Crippen LogP contribution in [0.4, 0.5) is 10.5 Å². The molecule has 3 aromatic rings. The van der Waals surface area contributed by atoms with E-state index in [-0.39, 0.29) is 18.9 Å². The Labute approximate surface area is 173 Å². The van der Waals surface area contributed by atoms with Gasteiger partial charge in [-0.25, -0.2) is 4.79 Å². The molecule has 0 aliphatic heterocycles. The maximum atomic E-state index is 12.5. The summed E-state index contributed by atoms with van der Waals surface area (Å²) in [6.07, 6.45) is 0.644. The van der Waals surface area contributed by atoms with E-state index in [1.807, 2.05) is 30.3 Å². The van der Waals surface area contributed by atoms with Gasteiger partial charge in [-0.05, 0) is 42.0 Å². The Morgan fingerprint density at radius 3 is 2.57 bits per heavy atom. The van der Waals surface area contributed by atoms with Crippen molar-refractivity contribution >= 4 is 11.7 Å². The van der Waals surface area contributed by atoms with Crippen LogP contribution in [0.25, 0.3) is 0 Å². The quantitative estimate of drug-likeness (QED) is 0.522. The van der Waals surface area contributed by atoms with Gasteiger partial charge in [-0.3, -0.25) is 0 Å². The van der Waals surface area contributed by atoms with Gasteiger partial charge < -0.3 is 24.9 Å². The third-order valence-electron chi connectivity index (χ3n) is 4.28. The van der Waals surface area contributed by atoms with E-state index in [4.69, 9.17) is 19.5 Å². The van der Waals surface area contributed by atoms with E-state index in [9.17, 15) is 4.79 Å². The topological polar surface area (TPSA) is 133 Å². The first kappa shape index (κ1) is 20.8. The van der Waals surface area contributed by atoms with E-state index in [2.05, 4.69) is 20.8 Å². The van der Waals surface area contributed by atoms with Crippen LogP contribution in [0, 0.1) is 11.3 Å². The fraction of sp³-hybridized carbons (Fsp3) is 0.238. The van der Waals surface area contributed by atoms with Crippen LogP contribution < -0.4 is 15.4 Å². The zero-order valence-corrected chi connectivity index (χ0v) is 16.3. The summed E-state index contributed by atoms with van der Waals surface area (Å²) in [5, 5.41) is 31.4. The number of ether oxygens (including phenoxy) is 1. The molecule has 0 radical (unpaired) electrons. The van der Waals surface area contributed by atoms with Gasteiger partial charge in [-0.15, -0.1) is 10.2 Å². The molecule has 0 aliphatic rings. The number of hydrogen-bond acceptors (Lipinski definition) is 7. The predicted octanol–water partition coefficient (Wildman–Crippen LogP) is 2.59. The summed E-state index contributed by atoms with van der Waals surface area (Å²) in [5.74, 6) is 1.26. The second kappa shape index (κ2) is 10.0. The zero-order chi connectivity index (χ0) is 21.3. The minimum atomic E-state index is -0.586. The highest BCUT2D eigenvalue weighted by Gasteiger charge is 2.22. The highest BCUT2D eigenvalue weighted by atomic mass is 16.5. The number of aliphatic hydroxyl groups excluding tert-OH is 1. The molecule has 154 valence electrons. The van der Waals surface area contributed by atoms with Crippen LogP contribution >= 0.6 is 0 Å². The number of nitrogens with one attached hydrogen (secondary N) is 2. The number of carbonyl (C=O) groups is 1. The number of amides is 2. The molecule has 0 aliphatic carbocycles. The number of carbonyl (C=O) groups excluding carboxylic acids is 1. The number of aliphatic hydroxyl groups is 1. The lowest BCUT2D eigenvalue weighted by Crippen LogP contribution is -2.34. The zero-order valence-electron chi connectivity index (χ0n) is 16.3. The molecule has 30 heavy (non-hydrogen) atoms. The van der Waals surface area contributed by atoms with Crippen molar-refractivity contribution in [2.24, 2.45) is 0 Å². The van der Waals surface area contributed by atoms with Crippen LogP contribution in [-0.4, -0.2) is 35.1 Å². The Kier molecular flexibility index (Phi) is 6.97. The summed E-state index contributed by atoms with van der Waals surface area (Å²) in [6, 6.07) is 14.9. The molecule has 0 unspecified atom stereocenters. The van der Waals surface area contributed by atoms with Crippen LogP contribution in [0.2, 0.25) is 0 Å². The number of benzene rings is 2. The van der Waals surface area contributed by atoms with Crippen molar-refractivity contribution in [3.63, 3.8) is 0 Å². The number of nitrogens with zero attached hydrogens (tertiary/aromatic N) is 3. The lowest BCUT2D eigenvalue weighted by Gasteiger charge is -2.16. The van der Waals surface area contributed by atoms with Crippen molar-refractivity contribution in [1.82, 2.24) is 15.5 Å². The molecule has 1 atom stereocenters. The Bertz CT molecular complexity index is 1010. The van der Waals surface area contributed by atoms with Gasteiger partial charge >= 0.3 is 6.03 Å². The fourth-order valence-corrected chi connectivity index (χ4v) is 2.75. The summed E-state index contributed by atoms with van der Waals surface area (Å²) in [7, 11) is 1.59. The van der Waals surface area contributed by atoms with E-state index in [1.54, 1.807) is 31.4 Å². The third kappa shape index (κ3) is 5.56. The van der Waals surface area contributed by atoms with Crippen molar-refractivity contribution in [2.75, 3.05) is 19.0 Å². The summed E-state index contributed by atoms with van der Waals surface area (Å²) in [6.45, 7) is -0.114. The van der Waals surface area contributed by atoms with Crippen LogP contribution in [0.3, 0.4) is 0 Å². The molecule has 9 heteroatoms. The second-order valence-corrected chi connectivity index (χ2v) is 6.40. The van der Waals surface area contributed by atoms with E-state index >= 15 is 0 Å². The number of urea groups is 1. The van der Waals surface area contributed by atoms with Crippen molar-refractivity contribution < 1.29 is 19.1 Å². The SMILES string of the molecule is COc1ccc(C[C@H](NC(=O)Nc2ccc(C#N)cc2)c2nnc(CCO)o2)cc1. The average Bonchev–Trinajstić information content (AvgIpc) is 3.23. The van der Waals surface area contributed by atoms with Crippen LogP contribution in [-0.2, 0) is 12.8 Å². The monoisotopic (exact) mass is 407 g/mol. The third-order valence-corrected chi connectivity index (χ3v) is 4.28. The van der Waals surface area contributed by atoms with E-state index in [0.29, 0.717) is 23.6 Å². The highest BCUT2D eigenvalue weighted by molar-refractivity contribution is 5.89. The second-order valence-electron chi connectivity index (χ2n) is 6.40. The molecular weight excluding hydrogens is 386 g/mol. The maximum Gasteiger partial charge on any atom is 0.319 e. The maximum absolute atomic E-state index is 12.5. The van der Waals surface area contributed by atoms with Crippen molar-refractivity contribution in [2.45, 2.75) is 18.9 Å². The number of methoxy groups -OCH3 is 1. The summed E-state index contributed by atoms with van der Waals surface area (Å²) < 4.78 is 10.8. The van der Waals surface area contributed by atoms with Gasteiger partial charge in [0.15, 0.2) is 0 Å². The van der Waals surface area contributed by atoms with Crippen molar-refractivity contribution in [1.29, 1.82) is 5.26 Å². The number of hydrogen-bond donors (Lipinski definition) is 3. The Morgan fingerprint density at radius 2 is 1.93 bits per heavy atom. The Balaban J connectivity index is 1.74. The Morgan fingerprint density at radius 1 is 1.20 bits per heavy atom. The van der Waals surface area contributed by atoms with Crippen LogP contribution in [0.15, 0.2) is 52.9 Å². The van der Waals surface area contributed by atoms with Gasteiger partial charge in [0, 0.05) is 18.5 Å². The number of nitriles is 1. The molecule has 2 amide bonds. The van der Waals surface area contributed by atoms with Gasteiger partial charge in [0.2, 0.25) is 11.8 Å². The molecule has 3 N–H and O–H groups in total. The smallest absolute Gasteiger partial charge is 0.319 e. The first-order valence-electron chi connectivity index (χ1n) is 9.25. The predicted molar refractivity (Wildman–Crippen MR) is 108 cm³/mol. The van der Waals surface area contributed by atoms with Crippen molar-refractivity contribution in [3.8, 4) is 11.8 Å². The summed E-state index contributed by atoms with van der Waals surface area (Å²) >= 11 is 0. The first-order chi connectivity index (χ1) is 14.6.